The van der Waals surface area contributed by atoms with Crippen molar-refractivity contribution < 1.29 is 22.2 Å². The lowest BCUT2D eigenvalue weighted by Crippen LogP contribution is -2.42. The first kappa shape index (κ1) is 18.0. The van der Waals surface area contributed by atoms with Crippen molar-refractivity contribution >= 4 is 33.0 Å². The Balaban J connectivity index is 2.50. The smallest absolute Gasteiger partial charge is 0.410 e. The van der Waals surface area contributed by atoms with Gasteiger partial charge in [0.15, 0.2) is 0 Å². The maximum atomic E-state index is 11.9. The molecule has 1 saturated heterocycles. The van der Waals surface area contributed by atoms with Crippen molar-refractivity contribution in [2.24, 2.45) is 11.1 Å². The summed E-state index contributed by atoms with van der Waals surface area (Å²) in [5.74, 6) is -0.118. The third kappa shape index (κ3) is 6.99. The van der Waals surface area contributed by atoms with Gasteiger partial charge in [0.1, 0.15) is 10.8 Å². The van der Waals surface area contributed by atoms with Crippen LogP contribution < -0.4 is 0 Å². The monoisotopic (exact) mass is 340 g/mol. The Morgan fingerprint density at radius 3 is 2.24 bits per heavy atom. The molecule has 0 radical (unpaired) electrons. The van der Waals surface area contributed by atoms with Gasteiger partial charge >= 0.3 is 16.2 Å². The maximum absolute atomic E-state index is 11.9. The molecule has 0 spiro atoms. The Morgan fingerprint density at radius 1 is 1.29 bits per heavy atom. The summed E-state index contributed by atoms with van der Waals surface area (Å²) in [5.41, 5.74) is -0.531. The van der Waals surface area contributed by atoms with E-state index in [9.17, 15) is 13.2 Å². The summed E-state index contributed by atoms with van der Waals surface area (Å²) < 4.78 is 31.3. The number of hydrogen-bond donors (Lipinski definition) is 0. The van der Waals surface area contributed by atoms with Crippen LogP contribution in [0.1, 0.15) is 33.6 Å². The molecule has 1 heterocycles. The van der Waals surface area contributed by atoms with Crippen molar-refractivity contribution in [1.82, 2.24) is 4.90 Å². The molecule has 0 aromatic heterocycles. The van der Waals surface area contributed by atoms with Crippen LogP contribution in [0.5, 0.6) is 0 Å². The summed E-state index contributed by atoms with van der Waals surface area (Å²) in [7, 11) is -3.66. The van der Waals surface area contributed by atoms with E-state index in [2.05, 4.69) is 9.44 Å². The SMILES string of the molecule is CC(C)(C)OC(=O)N1CCC(C(Cl)=NOS(C)(=O)=O)CC1. The van der Waals surface area contributed by atoms with Crippen LogP contribution in [0, 0.1) is 5.92 Å². The fraction of sp³-hybridized carbons (Fsp3) is 0.833. The molecule has 0 aromatic carbocycles. The quantitative estimate of drug-likeness (QED) is 0.580. The highest BCUT2D eigenvalue weighted by atomic mass is 35.5. The molecule has 1 amide bonds. The summed E-state index contributed by atoms with van der Waals surface area (Å²) in [6.45, 7) is 6.38. The second-order valence-corrected chi connectivity index (χ2v) is 7.88. The zero-order valence-electron chi connectivity index (χ0n) is 12.6. The summed E-state index contributed by atoms with van der Waals surface area (Å²) in [5, 5.41) is 3.51. The lowest BCUT2D eigenvalue weighted by atomic mass is 9.98. The number of carbonyl (C=O) groups is 1. The third-order valence-electron chi connectivity index (χ3n) is 2.74. The van der Waals surface area contributed by atoms with E-state index in [4.69, 9.17) is 16.3 Å². The van der Waals surface area contributed by atoms with Crippen LogP contribution in [0.2, 0.25) is 0 Å². The summed E-state index contributed by atoms with van der Waals surface area (Å²) in [6.07, 6.45) is 1.69. The van der Waals surface area contributed by atoms with Crippen LogP contribution in [-0.2, 0) is 19.1 Å². The zero-order chi connectivity index (χ0) is 16.3. The lowest BCUT2D eigenvalue weighted by molar-refractivity contribution is 0.0202. The molecule has 1 aliphatic heterocycles. The van der Waals surface area contributed by atoms with E-state index >= 15 is 0 Å². The van der Waals surface area contributed by atoms with Crippen molar-refractivity contribution in [2.75, 3.05) is 19.3 Å². The molecule has 0 bridgehead atoms. The molecule has 1 fully saturated rings. The molecular weight excluding hydrogens is 320 g/mol. The van der Waals surface area contributed by atoms with Gasteiger partial charge in [0.2, 0.25) is 0 Å². The summed E-state index contributed by atoms with van der Waals surface area (Å²) in [4.78, 5) is 13.5. The van der Waals surface area contributed by atoms with Crippen molar-refractivity contribution in [2.45, 2.75) is 39.2 Å². The van der Waals surface area contributed by atoms with Gasteiger partial charge in [-0.25, -0.2) is 4.79 Å². The van der Waals surface area contributed by atoms with E-state index in [-0.39, 0.29) is 17.2 Å². The highest BCUT2D eigenvalue weighted by molar-refractivity contribution is 7.85. The van der Waals surface area contributed by atoms with Gasteiger partial charge in [-0.05, 0) is 33.6 Å². The molecular formula is C12H21ClN2O5S. The van der Waals surface area contributed by atoms with Crippen molar-refractivity contribution in [3.63, 3.8) is 0 Å². The fourth-order valence-electron chi connectivity index (χ4n) is 1.80. The minimum absolute atomic E-state index is 0.101. The minimum Gasteiger partial charge on any atom is -0.444 e. The van der Waals surface area contributed by atoms with Crippen LogP contribution in [0.4, 0.5) is 4.79 Å². The van der Waals surface area contributed by atoms with E-state index < -0.39 is 15.7 Å². The van der Waals surface area contributed by atoms with E-state index in [0.29, 0.717) is 25.9 Å². The number of rotatable bonds is 3. The largest absolute Gasteiger partial charge is 0.444 e. The number of ether oxygens (including phenoxy) is 1. The molecule has 9 heteroatoms. The summed E-state index contributed by atoms with van der Waals surface area (Å²) >= 11 is 5.93. The van der Waals surface area contributed by atoms with Gasteiger partial charge in [0.05, 0.1) is 6.26 Å². The molecule has 1 rings (SSSR count). The van der Waals surface area contributed by atoms with E-state index in [1.165, 1.54) is 0 Å². The Morgan fingerprint density at radius 2 is 1.81 bits per heavy atom. The van der Waals surface area contributed by atoms with Crippen molar-refractivity contribution in [3.05, 3.63) is 0 Å². The van der Waals surface area contributed by atoms with Gasteiger partial charge in [-0.3, -0.25) is 4.28 Å². The molecule has 0 aliphatic carbocycles. The second kappa shape index (κ2) is 6.83. The van der Waals surface area contributed by atoms with E-state index in [0.717, 1.165) is 6.26 Å². The number of amides is 1. The van der Waals surface area contributed by atoms with Gasteiger partial charge in [-0.1, -0.05) is 16.8 Å². The highest BCUT2D eigenvalue weighted by Gasteiger charge is 2.28. The molecule has 0 atom stereocenters. The second-order valence-electron chi connectivity index (χ2n) is 5.93. The first-order valence-electron chi connectivity index (χ1n) is 6.58. The Hall–Kier alpha value is -1.02. The van der Waals surface area contributed by atoms with Crippen LogP contribution >= 0.6 is 11.6 Å². The topological polar surface area (TPSA) is 85.3 Å². The molecule has 122 valence electrons. The van der Waals surface area contributed by atoms with Gasteiger partial charge in [0.25, 0.3) is 0 Å². The summed E-state index contributed by atoms with van der Waals surface area (Å²) in [6, 6.07) is 0. The number of piperidine rings is 1. The van der Waals surface area contributed by atoms with Crippen molar-refractivity contribution in [1.29, 1.82) is 0 Å². The van der Waals surface area contributed by atoms with Crippen LogP contribution in [0.15, 0.2) is 5.16 Å². The van der Waals surface area contributed by atoms with Gasteiger partial charge < -0.3 is 9.64 Å². The van der Waals surface area contributed by atoms with E-state index in [1.54, 1.807) is 4.90 Å². The molecule has 0 aromatic rings. The van der Waals surface area contributed by atoms with Crippen LogP contribution in [-0.4, -0.2) is 49.5 Å². The maximum Gasteiger partial charge on any atom is 0.410 e. The molecule has 21 heavy (non-hydrogen) atoms. The van der Waals surface area contributed by atoms with E-state index in [1.807, 2.05) is 20.8 Å². The average Bonchev–Trinajstić information content (AvgIpc) is 2.33. The van der Waals surface area contributed by atoms with Crippen LogP contribution in [0.25, 0.3) is 0 Å². The zero-order valence-corrected chi connectivity index (χ0v) is 14.2. The van der Waals surface area contributed by atoms with Gasteiger partial charge in [0, 0.05) is 19.0 Å². The molecule has 0 N–H and O–H groups in total. The molecule has 7 nitrogen and oxygen atoms in total. The molecule has 0 unspecified atom stereocenters. The molecule has 0 saturated carbocycles. The van der Waals surface area contributed by atoms with Crippen molar-refractivity contribution in [3.8, 4) is 0 Å². The normalized spacial score (nSPS) is 18.5. The average molecular weight is 341 g/mol. The van der Waals surface area contributed by atoms with Gasteiger partial charge in [-0.2, -0.15) is 8.42 Å². The minimum atomic E-state index is -3.66. The van der Waals surface area contributed by atoms with Gasteiger partial charge in [-0.15, -0.1) is 0 Å². The first-order chi connectivity index (χ1) is 9.48. The number of oxime groups is 1. The fourth-order valence-corrected chi connectivity index (χ4v) is 2.31. The third-order valence-corrected chi connectivity index (χ3v) is 3.47. The number of carbonyl (C=O) groups excluding carboxylic acids is 1. The number of hydrogen-bond acceptors (Lipinski definition) is 6. The Bertz CT molecular complexity index is 504. The predicted molar refractivity (Wildman–Crippen MR) is 79.7 cm³/mol. The Kier molecular flexibility index (Phi) is 5.86. The Labute approximate surface area is 130 Å². The number of likely N-dealkylation sites (tertiary alicyclic amines) is 1. The van der Waals surface area contributed by atoms with Crippen LogP contribution in [0.3, 0.4) is 0 Å². The predicted octanol–water partition coefficient (Wildman–Crippen LogP) is 2.16. The standard InChI is InChI=1S/C12H21ClN2O5S/c1-12(2,3)19-11(16)15-7-5-9(6-8-15)10(13)14-20-21(4,17)18/h9H,5-8H2,1-4H3. The molecule has 1 aliphatic rings. The first-order valence-corrected chi connectivity index (χ1v) is 8.77. The lowest BCUT2D eigenvalue weighted by Gasteiger charge is -2.32. The number of nitrogens with zero attached hydrogens (tertiary/aromatic N) is 2. The number of halogens is 1. The highest BCUT2D eigenvalue weighted by Crippen LogP contribution is 2.22.